The van der Waals surface area contributed by atoms with Gasteiger partial charge in [-0.3, -0.25) is 0 Å². The number of para-hydroxylation sites is 1. The standard InChI is InChI=1S/C30H25ClFN5O2/c1-19-24-18-36(30(38)33-21-13-14-26(32)25(31)17-21)28(20-8-6-11-23(16-20)39-2)27-12-7-15-35(27)29(24)37(34-19)22-9-4-3-5-10-22/h3-17,28H,18H2,1-2H3,(H,33,38). The average Bonchev–Trinajstić information content (AvgIpc) is 3.51. The van der Waals surface area contributed by atoms with Crippen LogP contribution in [0.25, 0.3) is 11.5 Å². The minimum Gasteiger partial charge on any atom is -0.497 e. The number of carbonyl (C=O) groups is 1. The number of aromatic nitrogens is 3. The van der Waals surface area contributed by atoms with Gasteiger partial charge in [0.25, 0.3) is 0 Å². The van der Waals surface area contributed by atoms with Crippen LogP contribution in [-0.2, 0) is 6.54 Å². The molecule has 1 unspecified atom stereocenters. The minimum atomic E-state index is -0.551. The van der Waals surface area contributed by atoms with E-state index in [1.54, 1.807) is 12.0 Å². The highest BCUT2D eigenvalue weighted by Gasteiger charge is 2.36. The summed E-state index contributed by atoms with van der Waals surface area (Å²) in [7, 11) is 1.62. The SMILES string of the molecule is COc1cccc(C2c3cccn3-c3c(c(C)nn3-c3ccccc3)CN2C(=O)Nc2ccc(F)c(Cl)c2)c1. The van der Waals surface area contributed by atoms with Crippen LogP contribution in [0.1, 0.15) is 28.6 Å². The lowest BCUT2D eigenvalue weighted by atomic mass is 10.0. The van der Waals surface area contributed by atoms with Crippen LogP contribution in [0.15, 0.2) is 91.1 Å². The van der Waals surface area contributed by atoms with Gasteiger partial charge in [-0.05, 0) is 67.1 Å². The number of methoxy groups -OCH3 is 1. The van der Waals surface area contributed by atoms with Crippen molar-refractivity contribution >= 4 is 23.3 Å². The van der Waals surface area contributed by atoms with Gasteiger partial charge in [-0.2, -0.15) is 5.10 Å². The first-order chi connectivity index (χ1) is 18.9. The van der Waals surface area contributed by atoms with Crippen LogP contribution in [0.4, 0.5) is 14.9 Å². The molecular weight excluding hydrogens is 517 g/mol. The number of aryl methyl sites for hydroxylation is 1. The monoisotopic (exact) mass is 541 g/mol. The van der Waals surface area contributed by atoms with Crippen molar-refractivity contribution in [3.05, 3.63) is 124 Å². The Kier molecular flexibility index (Phi) is 6.32. The van der Waals surface area contributed by atoms with Crippen molar-refractivity contribution in [2.24, 2.45) is 0 Å². The molecule has 196 valence electrons. The average molecular weight is 542 g/mol. The van der Waals surface area contributed by atoms with E-state index in [9.17, 15) is 9.18 Å². The van der Waals surface area contributed by atoms with Crippen molar-refractivity contribution in [1.82, 2.24) is 19.2 Å². The van der Waals surface area contributed by atoms with Crippen molar-refractivity contribution in [3.8, 4) is 17.3 Å². The van der Waals surface area contributed by atoms with E-state index in [1.165, 1.54) is 18.2 Å². The molecule has 6 rings (SSSR count). The highest BCUT2D eigenvalue weighted by atomic mass is 35.5. The molecule has 1 aliphatic rings. The summed E-state index contributed by atoms with van der Waals surface area (Å²) in [6.07, 6.45) is 1.99. The van der Waals surface area contributed by atoms with Crippen LogP contribution in [0.3, 0.4) is 0 Å². The van der Waals surface area contributed by atoms with Gasteiger partial charge in [-0.1, -0.05) is 41.9 Å². The fraction of sp³-hybridized carbons (Fsp3) is 0.133. The van der Waals surface area contributed by atoms with E-state index < -0.39 is 11.9 Å². The minimum absolute atomic E-state index is 0.0656. The molecule has 0 spiro atoms. The Balaban J connectivity index is 1.53. The second-order valence-electron chi connectivity index (χ2n) is 9.30. The van der Waals surface area contributed by atoms with E-state index in [-0.39, 0.29) is 17.6 Å². The zero-order valence-electron chi connectivity index (χ0n) is 21.3. The summed E-state index contributed by atoms with van der Waals surface area (Å²) >= 11 is 6.00. The first-order valence-electron chi connectivity index (χ1n) is 12.4. The first-order valence-corrected chi connectivity index (χ1v) is 12.8. The lowest BCUT2D eigenvalue weighted by Crippen LogP contribution is -2.38. The molecule has 2 amide bonds. The van der Waals surface area contributed by atoms with E-state index in [2.05, 4.69) is 9.88 Å². The largest absolute Gasteiger partial charge is 0.497 e. The summed E-state index contributed by atoms with van der Waals surface area (Å²) in [5.41, 5.74) is 4.79. The number of urea groups is 1. The van der Waals surface area contributed by atoms with E-state index >= 15 is 0 Å². The molecule has 1 aliphatic heterocycles. The molecule has 0 fully saturated rings. The van der Waals surface area contributed by atoms with Gasteiger partial charge in [-0.15, -0.1) is 0 Å². The van der Waals surface area contributed by atoms with E-state index in [0.29, 0.717) is 11.4 Å². The van der Waals surface area contributed by atoms with Gasteiger partial charge in [0.2, 0.25) is 0 Å². The molecule has 39 heavy (non-hydrogen) atoms. The molecule has 0 bridgehead atoms. The van der Waals surface area contributed by atoms with Gasteiger partial charge >= 0.3 is 6.03 Å². The molecule has 3 aromatic carbocycles. The zero-order chi connectivity index (χ0) is 27.1. The number of amides is 2. The Labute approximate surface area is 230 Å². The number of nitrogens with one attached hydrogen (secondary N) is 1. The van der Waals surface area contributed by atoms with Crippen LogP contribution in [-0.4, -0.2) is 32.4 Å². The van der Waals surface area contributed by atoms with Gasteiger partial charge in [0.15, 0.2) is 0 Å². The molecule has 0 aliphatic carbocycles. The topological polar surface area (TPSA) is 64.3 Å². The number of anilines is 1. The van der Waals surface area contributed by atoms with E-state index in [4.69, 9.17) is 21.4 Å². The number of halogens is 2. The van der Waals surface area contributed by atoms with Crippen LogP contribution >= 0.6 is 11.6 Å². The number of hydrogen-bond acceptors (Lipinski definition) is 3. The molecule has 0 radical (unpaired) electrons. The third-order valence-corrected chi connectivity index (χ3v) is 7.22. The predicted octanol–water partition coefficient (Wildman–Crippen LogP) is 6.91. The molecular formula is C30H25ClFN5O2. The Hall–Kier alpha value is -4.56. The quantitative estimate of drug-likeness (QED) is 0.269. The summed E-state index contributed by atoms with van der Waals surface area (Å²) in [6.45, 7) is 2.22. The van der Waals surface area contributed by atoms with Crippen LogP contribution in [0.5, 0.6) is 5.75 Å². The van der Waals surface area contributed by atoms with E-state index in [1.807, 2.05) is 84.5 Å². The maximum absolute atomic E-state index is 14.0. The van der Waals surface area contributed by atoms with Gasteiger partial charge < -0.3 is 19.5 Å². The number of carbonyl (C=O) groups excluding carboxylic acids is 1. The maximum Gasteiger partial charge on any atom is 0.322 e. The van der Waals surface area contributed by atoms with E-state index in [0.717, 1.165) is 34.0 Å². The third kappa shape index (κ3) is 4.42. The Morgan fingerprint density at radius 1 is 1.05 bits per heavy atom. The number of rotatable bonds is 4. The molecule has 1 N–H and O–H groups in total. The molecule has 7 nitrogen and oxygen atoms in total. The summed E-state index contributed by atoms with van der Waals surface area (Å²) in [6, 6.07) is 24.9. The van der Waals surface area contributed by atoms with Crippen LogP contribution < -0.4 is 10.1 Å². The van der Waals surface area contributed by atoms with Crippen molar-refractivity contribution < 1.29 is 13.9 Å². The molecule has 3 heterocycles. The lowest BCUT2D eigenvalue weighted by Gasteiger charge is -2.31. The predicted molar refractivity (Wildman–Crippen MR) is 148 cm³/mol. The number of ether oxygens (including phenoxy) is 1. The molecule has 0 saturated carbocycles. The lowest BCUT2D eigenvalue weighted by molar-refractivity contribution is 0.194. The summed E-state index contributed by atoms with van der Waals surface area (Å²) in [5, 5.41) is 7.72. The summed E-state index contributed by atoms with van der Waals surface area (Å²) < 4.78 is 23.3. The normalized spacial score (nSPS) is 14.4. The Morgan fingerprint density at radius 3 is 2.64 bits per heavy atom. The highest BCUT2D eigenvalue weighted by Crippen LogP contribution is 2.39. The van der Waals surface area contributed by atoms with Crippen molar-refractivity contribution in [3.63, 3.8) is 0 Å². The Morgan fingerprint density at radius 2 is 1.87 bits per heavy atom. The van der Waals surface area contributed by atoms with Crippen molar-refractivity contribution in [1.29, 1.82) is 0 Å². The first kappa shape index (κ1) is 24.8. The number of nitrogens with zero attached hydrogens (tertiary/aromatic N) is 4. The van der Waals surface area contributed by atoms with Gasteiger partial charge in [0.05, 0.1) is 41.8 Å². The number of benzene rings is 3. The van der Waals surface area contributed by atoms with Crippen molar-refractivity contribution in [2.45, 2.75) is 19.5 Å². The fourth-order valence-electron chi connectivity index (χ4n) is 5.08. The van der Waals surface area contributed by atoms with Gasteiger partial charge in [-0.25, -0.2) is 13.9 Å². The number of hydrogen-bond donors (Lipinski definition) is 1. The fourth-order valence-corrected chi connectivity index (χ4v) is 5.26. The smallest absolute Gasteiger partial charge is 0.322 e. The van der Waals surface area contributed by atoms with Crippen LogP contribution in [0, 0.1) is 12.7 Å². The molecule has 9 heteroatoms. The Bertz CT molecular complexity index is 1680. The third-order valence-electron chi connectivity index (χ3n) is 6.93. The van der Waals surface area contributed by atoms with Gasteiger partial charge in [0.1, 0.15) is 17.4 Å². The zero-order valence-corrected chi connectivity index (χ0v) is 22.1. The molecule has 0 saturated heterocycles. The molecule has 5 aromatic rings. The van der Waals surface area contributed by atoms with Crippen molar-refractivity contribution in [2.75, 3.05) is 12.4 Å². The maximum atomic E-state index is 14.0. The second kappa shape index (κ2) is 9.96. The molecule has 2 aromatic heterocycles. The van der Waals surface area contributed by atoms with Gasteiger partial charge in [0, 0.05) is 17.4 Å². The summed E-state index contributed by atoms with van der Waals surface area (Å²) in [5.74, 6) is 1.00. The molecule has 1 atom stereocenters. The highest BCUT2D eigenvalue weighted by molar-refractivity contribution is 6.31. The van der Waals surface area contributed by atoms with Crippen LogP contribution in [0.2, 0.25) is 5.02 Å². The summed E-state index contributed by atoms with van der Waals surface area (Å²) in [4.78, 5) is 15.8. The second-order valence-corrected chi connectivity index (χ2v) is 9.71. The number of fused-ring (bicyclic) bond motifs is 3.